The van der Waals surface area contributed by atoms with Gasteiger partial charge in [0.2, 0.25) is 0 Å². The Hall–Kier alpha value is -1.68. The predicted octanol–water partition coefficient (Wildman–Crippen LogP) is 2.62. The normalized spacial score (nSPS) is 10.3. The molecule has 0 bridgehead atoms. The van der Waals surface area contributed by atoms with E-state index >= 15 is 0 Å². The van der Waals surface area contributed by atoms with Crippen LogP contribution in [0, 0.1) is 10.1 Å². The van der Waals surface area contributed by atoms with Crippen LogP contribution < -0.4 is 16.0 Å². The second kappa shape index (κ2) is 6.18. The number of rotatable bonds is 5. The number of non-ortho nitro benzene ring substituents is 1. The molecule has 0 spiro atoms. The van der Waals surface area contributed by atoms with E-state index in [1.165, 1.54) is 0 Å². The molecule has 0 saturated carbocycles. The molecule has 0 fully saturated rings. The molecule has 0 amide bonds. The summed E-state index contributed by atoms with van der Waals surface area (Å²) < 4.78 is 9.11. The minimum absolute atomic E-state index is 0.0211. The zero-order valence-electron chi connectivity index (χ0n) is 9.67. The van der Waals surface area contributed by atoms with Crippen molar-refractivity contribution in [1.82, 2.24) is 9.59 Å². The number of hydrogen-bond donors (Lipinski definition) is 2. The molecule has 106 valence electrons. The summed E-state index contributed by atoms with van der Waals surface area (Å²) in [5.74, 6) is 5.41. The minimum atomic E-state index is -0.595. The molecule has 0 aliphatic rings. The van der Waals surface area contributed by atoms with E-state index in [1.54, 1.807) is 0 Å². The number of nitrogen functional groups attached to an aromatic ring is 1. The van der Waals surface area contributed by atoms with Gasteiger partial charge in [-0.05, 0) is 0 Å². The minimum Gasteiger partial charge on any atom is -0.484 e. The molecule has 1 aromatic carbocycles. The molecule has 8 nitrogen and oxygen atoms in total. The largest absolute Gasteiger partial charge is 0.484 e. The van der Waals surface area contributed by atoms with E-state index < -0.39 is 4.92 Å². The Morgan fingerprint density at radius 2 is 2.10 bits per heavy atom. The Morgan fingerprint density at radius 1 is 1.45 bits per heavy atom. The summed E-state index contributed by atoms with van der Waals surface area (Å²) >= 11 is 12.9. The first-order valence-electron chi connectivity index (χ1n) is 5.07. The Bertz CT molecular complexity index is 627. The summed E-state index contributed by atoms with van der Waals surface area (Å²) in [5, 5.41) is 15.1. The number of nitro benzene ring substituents is 1. The third-order valence-corrected chi connectivity index (χ3v) is 3.49. The lowest BCUT2D eigenvalue weighted by molar-refractivity contribution is -0.384. The lowest BCUT2D eigenvalue weighted by Gasteiger charge is -2.09. The van der Waals surface area contributed by atoms with Crippen LogP contribution >= 0.6 is 34.7 Å². The van der Waals surface area contributed by atoms with Gasteiger partial charge in [-0.2, -0.15) is 0 Å². The van der Waals surface area contributed by atoms with Gasteiger partial charge >= 0.3 is 0 Å². The molecule has 0 aliphatic heterocycles. The van der Waals surface area contributed by atoms with Crippen LogP contribution in [0.1, 0.15) is 5.69 Å². The van der Waals surface area contributed by atoms with Crippen molar-refractivity contribution in [1.29, 1.82) is 0 Å². The lowest BCUT2D eigenvalue weighted by atomic mass is 10.3. The number of nitrogens with zero attached hydrogens (tertiary/aromatic N) is 3. The highest BCUT2D eigenvalue weighted by atomic mass is 35.5. The van der Waals surface area contributed by atoms with Crippen molar-refractivity contribution in [2.24, 2.45) is 5.84 Å². The Morgan fingerprint density at radius 3 is 2.65 bits per heavy atom. The second-order valence-electron chi connectivity index (χ2n) is 3.48. The molecule has 1 heterocycles. The summed E-state index contributed by atoms with van der Waals surface area (Å²) in [4.78, 5) is 10.1. The Kier molecular flexibility index (Phi) is 4.55. The summed E-state index contributed by atoms with van der Waals surface area (Å²) in [6.45, 7) is 0.0211. The van der Waals surface area contributed by atoms with Gasteiger partial charge in [-0.1, -0.05) is 27.7 Å². The predicted molar refractivity (Wildman–Crippen MR) is 75.2 cm³/mol. The molecular weight excluding hydrogens is 329 g/mol. The summed E-state index contributed by atoms with van der Waals surface area (Å²) in [6.07, 6.45) is 0. The van der Waals surface area contributed by atoms with Crippen molar-refractivity contribution in [2.45, 2.75) is 6.61 Å². The fourth-order valence-electron chi connectivity index (χ4n) is 1.34. The van der Waals surface area contributed by atoms with Gasteiger partial charge in [-0.25, -0.2) is 5.84 Å². The molecule has 0 saturated heterocycles. The highest BCUT2D eigenvalue weighted by molar-refractivity contribution is 7.10. The average molecular weight is 336 g/mol. The van der Waals surface area contributed by atoms with Crippen LogP contribution in [0.25, 0.3) is 0 Å². The van der Waals surface area contributed by atoms with Crippen LogP contribution in [-0.2, 0) is 6.61 Å². The molecule has 1 aromatic heterocycles. The molecule has 20 heavy (non-hydrogen) atoms. The first kappa shape index (κ1) is 14.7. The number of ether oxygens (including phenoxy) is 1. The summed E-state index contributed by atoms with van der Waals surface area (Å²) in [5.41, 5.74) is 2.68. The third kappa shape index (κ3) is 3.07. The van der Waals surface area contributed by atoms with E-state index in [0.29, 0.717) is 10.7 Å². The number of anilines is 1. The van der Waals surface area contributed by atoms with Gasteiger partial charge in [-0.3, -0.25) is 10.1 Å². The highest BCUT2D eigenvalue weighted by Crippen LogP contribution is 2.37. The molecule has 2 aromatic rings. The van der Waals surface area contributed by atoms with E-state index in [0.717, 1.165) is 23.7 Å². The maximum Gasteiger partial charge on any atom is 0.272 e. The summed E-state index contributed by atoms with van der Waals surface area (Å²) in [6, 6.07) is 2.31. The van der Waals surface area contributed by atoms with Crippen LogP contribution in [0.3, 0.4) is 0 Å². The van der Waals surface area contributed by atoms with Crippen LogP contribution in [0.15, 0.2) is 12.1 Å². The molecule has 2 rings (SSSR count). The van der Waals surface area contributed by atoms with Gasteiger partial charge in [-0.15, -0.1) is 5.10 Å². The maximum atomic E-state index is 10.7. The highest BCUT2D eigenvalue weighted by Gasteiger charge is 2.17. The van der Waals surface area contributed by atoms with Crippen molar-refractivity contribution in [2.75, 3.05) is 5.43 Å². The van der Waals surface area contributed by atoms with Gasteiger partial charge in [0, 0.05) is 23.7 Å². The Balaban J connectivity index is 2.20. The monoisotopic (exact) mass is 335 g/mol. The number of hydrazine groups is 1. The first-order chi connectivity index (χ1) is 9.52. The van der Waals surface area contributed by atoms with Crippen molar-refractivity contribution in [3.8, 4) is 5.75 Å². The number of halogens is 2. The SMILES string of the molecule is NNc1snnc1COc1c(Cl)cc([N+](=O)[O-])cc1Cl. The standard InChI is InChI=1S/C9H7Cl2N5O3S/c10-5-1-4(16(17)18)2-6(11)8(5)19-3-7-9(13-12)20-15-14-7/h1-2,13H,3,12H2. The van der Waals surface area contributed by atoms with E-state index in [9.17, 15) is 10.1 Å². The fourth-order valence-corrected chi connectivity index (χ4v) is 2.41. The van der Waals surface area contributed by atoms with Gasteiger partial charge in [0.1, 0.15) is 12.3 Å². The van der Waals surface area contributed by atoms with Gasteiger partial charge in [0.05, 0.1) is 15.0 Å². The lowest BCUT2D eigenvalue weighted by Crippen LogP contribution is -2.08. The zero-order chi connectivity index (χ0) is 14.7. The first-order valence-corrected chi connectivity index (χ1v) is 6.60. The fraction of sp³-hybridized carbons (Fsp3) is 0.111. The number of hydrogen-bond acceptors (Lipinski definition) is 8. The second-order valence-corrected chi connectivity index (χ2v) is 5.05. The maximum absolute atomic E-state index is 10.7. The van der Waals surface area contributed by atoms with Crippen molar-refractivity contribution < 1.29 is 9.66 Å². The van der Waals surface area contributed by atoms with E-state index in [-0.39, 0.29) is 28.1 Å². The number of nitro groups is 1. The molecule has 0 radical (unpaired) electrons. The number of nitrogens with one attached hydrogen (secondary N) is 1. The average Bonchev–Trinajstić information content (AvgIpc) is 2.84. The van der Waals surface area contributed by atoms with Gasteiger partial charge in [0.25, 0.3) is 5.69 Å². The Labute approximate surface area is 126 Å². The van der Waals surface area contributed by atoms with Crippen LogP contribution in [0.4, 0.5) is 10.7 Å². The topological polar surface area (TPSA) is 116 Å². The van der Waals surface area contributed by atoms with Crippen LogP contribution in [0.2, 0.25) is 10.0 Å². The zero-order valence-corrected chi connectivity index (χ0v) is 12.0. The van der Waals surface area contributed by atoms with Crippen molar-refractivity contribution in [3.05, 3.63) is 38.0 Å². The molecule has 0 unspecified atom stereocenters. The molecule has 3 N–H and O–H groups in total. The molecular formula is C9H7Cl2N5O3S. The quantitative estimate of drug-likeness (QED) is 0.490. The number of benzene rings is 1. The third-order valence-electron chi connectivity index (χ3n) is 2.23. The van der Waals surface area contributed by atoms with Crippen LogP contribution in [-0.4, -0.2) is 14.5 Å². The van der Waals surface area contributed by atoms with E-state index in [2.05, 4.69) is 15.0 Å². The van der Waals surface area contributed by atoms with Crippen molar-refractivity contribution >= 4 is 45.4 Å². The summed E-state index contributed by atoms with van der Waals surface area (Å²) in [7, 11) is 0. The number of nitrogens with two attached hydrogens (primary N) is 1. The van der Waals surface area contributed by atoms with Gasteiger partial charge < -0.3 is 10.2 Å². The number of aromatic nitrogens is 2. The van der Waals surface area contributed by atoms with Crippen LogP contribution in [0.5, 0.6) is 5.75 Å². The van der Waals surface area contributed by atoms with E-state index in [4.69, 9.17) is 33.8 Å². The van der Waals surface area contributed by atoms with E-state index in [1.807, 2.05) is 0 Å². The molecule has 11 heteroatoms. The van der Waals surface area contributed by atoms with Gasteiger partial charge in [0.15, 0.2) is 10.8 Å². The molecule has 0 atom stereocenters. The van der Waals surface area contributed by atoms with Crippen molar-refractivity contribution in [3.63, 3.8) is 0 Å². The smallest absolute Gasteiger partial charge is 0.272 e. The molecule has 0 aliphatic carbocycles.